The second kappa shape index (κ2) is 5.99. The number of carbonyl (C=O) groups excluding carboxylic acids is 1. The number of esters is 1. The second-order valence-electron chi connectivity index (χ2n) is 3.46. The molecule has 0 N–H and O–H groups in total. The summed E-state index contributed by atoms with van der Waals surface area (Å²) in [7, 11) is 0. The number of hydrogen-bond acceptors (Lipinski definition) is 2. The highest BCUT2D eigenvalue weighted by molar-refractivity contribution is 6.45. The maximum atomic E-state index is 11.6. The van der Waals surface area contributed by atoms with Crippen molar-refractivity contribution in [1.29, 1.82) is 0 Å². The van der Waals surface area contributed by atoms with Gasteiger partial charge in [-0.3, -0.25) is 0 Å². The first-order valence-electron chi connectivity index (χ1n) is 4.84. The number of carbonyl (C=O) groups is 1. The zero-order valence-corrected chi connectivity index (χ0v) is 10.1. The normalized spacial score (nSPS) is 9.29. The number of hydrogen-bond donors (Lipinski definition) is 0. The predicted molar refractivity (Wildman–Crippen MR) is 65.0 cm³/mol. The van der Waals surface area contributed by atoms with Crippen molar-refractivity contribution >= 4 is 23.3 Å². The zero-order valence-electron chi connectivity index (χ0n) is 9.31. The van der Waals surface area contributed by atoms with Crippen LogP contribution in [0.4, 0.5) is 0 Å². The third-order valence-corrected chi connectivity index (χ3v) is 2.20. The quantitative estimate of drug-likeness (QED) is 0.271. The van der Waals surface area contributed by atoms with E-state index in [2.05, 4.69) is 11.4 Å². The largest absolute Gasteiger partial charge is 0.452 e. The molecule has 4 nitrogen and oxygen atoms in total. The van der Waals surface area contributed by atoms with Crippen molar-refractivity contribution in [2.45, 2.75) is 6.92 Å². The Kier molecular flexibility index (Phi) is 4.64. The van der Waals surface area contributed by atoms with Gasteiger partial charge in [0, 0.05) is 0 Å². The van der Waals surface area contributed by atoms with Gasteiger partial charge in [-0.1, -0.05) is 30.3 Å². The van der Waals surface area contributed by atoms with E-state index in [9.17, 15) is 4.79 Å². The molecule has 0 bridgehead atoms. The molecule has 0 saturated heterocycles. The molecule has 0 fully saturated rings. The molecule has 0 heterocycles. The summed E-state index contributed by atoms with van der Waals surface area (Å²) >= 11 is 5.89. The Balaban J connectivity index is 2.94. The van der Waals surface area contributed by atoms with E-state index in [-0.39, 0.29) is 12.3 Å². The number of ether oxygens (including phenoxy) is 1. The van der Waals surface area contributed by atoms with E-state index >= 15 is 0 Å². The molecule has 1 rings (SSSR count). The van der Waals surface area contributed by atoms with Gasteiger partial charge in [-0.15, -0.1) is 0 Å². The van der Waals surface area contributed by atoms with Crippen molar-refractivity contribution in [3.05, 3.63) is 52.5 Å². The maximum Gasteiger partial charge on any atom is 0.422 e. The molecule has 0 aliphatic carbocycles. The molecular formula is C12H11ClN2O2. The lowest BCUT2D eigenvalue weighted by Gasteiger charge is -2.02. The number of benzene rings is 1. The standard InChI is InChI=1S/C12H11ClN2O2/c1-8(2)7-17-12(16)11(15-14)9-5-3-4-6-10(9)13/h3-6H,1,7H2,2H3. The van der Waals surface area contributed by atoms with Crippen LogP contribution in [0.15, 0.2) is 36.4 Å². The molecule has 5 heteroatoms. The van der Waals surface area contributed by atoms with Crippen molar-refractivity contribution in [1.82, 2.24) is 0 Å². The fourth-order valence-electron chi connectivity index (χ4n) is 1.12. The first-order valence-corrected chi connectivity index (χ1v) is 5.22. The van der Waals surface area contributed by atoms with E-state index in [0.29, 0.717) is 16.2 Å². The molecule has 0 spiro atoms. The van der Waals surface area contributed by atoms with E-state index in [1.54, 1.807) is 31.2 Å². The Morgan fingerprint density at radius 2 is 2.18 bits per heavy atom. The average molecular weight is 251 g/mol. The van der Waals surface area contributed by atoms with Crippen molar-refractivity contribution in [3.8, 4) is 0 Å². The van der Waals surface area contributed by atoms with Crippen LogP contribution in [-0.4, -0.2) is 23.1 Å². The minimum atomic E-state index is -0.747. The van der Waals surface area contributed by atoms with Gasteiger partial charge in [-0.2, -0.15) is 4.79 Å². The summed E-state index contributed by atoms with van der Waals surface area (Å²) in [5.74, 6) is -0.747. The smallest absolute Gasteiger partial charge is 0.422 e. The van der Waals surface area contributed by atoms with E-state index in [0.717, 1.165) is 0 Å². The third kappa shape index (κ3) is 3.55. The Labute approximate surface area is 104 Å². The van der Waals surface area contributed by atoms with Gasteiger partial charge < -0.3 is 10.3 Å². The molecule has 0 radical (unpaired) electrons. The van der Waals surface area contributed by atoms with Crippen LogP contribution >= 0.6 is 11.6 Å². The third-order valence-electron chi connectivity index (χ3n) is 1.87. The van der Waals surface area contributed by atoms with E-state index in [1.165, 1.54) is 0 Å². The van der Waals surface area contributed by atoms with Crippen LogP contribution in [-0.2, 0) is 9.53 Å². The fourth-order valence-corrected chi connectivity index (χ4v) is 1.34. The zero-order chi connectivity index (χ0) is 12.8. The average Bonchev–Trinajstić information content (AvgIpc) is 2.30. The van der Waals surface area contributed by atoms with Gasteiger partial charge in [-0.05, 0) is 24.6 Å². The first kappa shape index (κ1) is 13.2. The van der Waals surface area contributed by atoms with Crippen LogP contribution in [0.3, 0.4) is 0 Å². The minimum Gasteiger partial charge on any atom is -0.452 e. The summed E-state index contributed by atoms with van der Waals surface area (Å²) in [6.07, 6.45) is 0. The number of rotatable bonds is 4. The Hall–Kier alpha value is -1.90. The summed E-state index contributed by atoms with van der Waals surface area (Å²) in [5, 5.41) is 0.313. The van der Waals surface area contributed by atoms with Gasteiger partial charge in [0.15, 0.2) is 0 Å². The Morgan fingerprint density at radius 3 is 2.71 bits per heavy atom. The molecule has 0 amide bonds. The first-order chi connectivity index (χ1) is 8.06. The lowest BCUT2D eigenvalue weighted by atomic mass is 10.1. The summed E-state index contributed by atoms with van der Waals surface area (Å²) in [4.78, 5) is 14.5. The second-order valence-corrected chi connectivity index (χ2v) is 3.87. The van der Waals surface area contributed by atoms with Crippen LogP contribution in [0.5, 0.6) is 0 Å². The van der Waals surface area contributed by atoms with Gasteiger partial charge in [0.2, 0.25) is 0 Å². The molecule has 0 saturated carbocycles. The maximum absolute atomic E-state index is 11.6. The highest BCUT2D eigenvalue weighted by atomic mass is 35.5. The lowest BCUT2D eigenvalue weighted by molar-refractivity contribution is -0.139. The lowest BCUT2D eigenvalue weighted by Crippen LogP contribution is -2.21. The SMILES string of the molecule is C=C(C)COC(=O)C(=[N+]=[N-])c1ccccc1Cl. The molecule has 0 aliphatic rings. The highest BCUT2D eigenvalue weighted by Gasteiger charge is 2.26. The molecule has 1 aromatic carbocycles. The van der Waals surface area contributed by atoms with Crippen LogP contribution in [0.2, 0.25) is 5.02 Å². The van der Waals surface area contributed by atoms with E-state index < -0.39 is 5.97 Å². The van der Waals surface area contributed by atoms with Crippen molar-refractivity contribution in [2.75, 3.05) is 6.61 Å². The molecule has 88 valence electrons. The molecule has 1 aromatic rings. The predicted octanol–water partition coefficient (Wildman–Crippen LogP) is 2.48. The fraction of sp³-hybridized carbons (Fsp3) is 0.167. The van der Waals surface area contributed by atoms with Gasteiger partial charge in [0.05, 0.1) is 10.6 Å². The number of nitrogens with zero attached hydrogens (tertiary/aromatic N) is 2. The van der Waals surface area contributed by atoms with Crippen molar-refractivity contribution in [3.63, 3.8) is 0 Å². The molecule has 0 aliphatic heterocycles. The van der Waals surface area contributed by atoms with Crippen LogP contribution in [0.25, 0.3) is 5.53 Å². The van der Waals surface area contributed by atoms with Gasteiger partial charge in [0.1, 0.15) is 6.61 Å². The molecule has 17 heavy (non-hydrogen) atoms. The van der Waals surface area contributed by atoms with Gasteiger partial charge >= 0.3 is 11.7 Å². The molecule has 0 unspecified atom stereocenters. The summed E-state index contributed by atoms with van der Waals surface area (Å²) in [5.41, 5.74) is 9.63. The van der Waals surface area contributed by atoms with Gasteiger partial charge in [0.25, 0.3) is 0 Å². The van der Waals surface area contributed by atoms with Crippen molar-refractivity contribution < 1.29 is 14.3 Å². The Morgan fingerprint density at radius 1 is 1.53 bits per heavy atom. The molecular weight excluding hydrogens is 240 g/mol. The monoisotopic (exact) mass is 250 g/mol. The van der Waals surface area contributed by atoms with Crippen LogP contribution < -0.4 is 0 Å². The summed E-state index contributed by atoms with van der Waals surface area (Å²) in [6.45, 7) is 5.39. The summed E-state index contributed by atoms with van der Waals surface area (Å²) < 4.78 is 4.88. The van der Waals surface area contributed by atoms with E-state index in [1.807, 2.05) is 0 Å². The van der Waals surface area contributed by atoms with Gasteiger partial charge in [-0.25, -0.2) is 4.79 Å². The molecule has 0 atom stereocenters. The number of halogens is 1. The molecule has 0 aromatic heterocycles. The van der Waals surface area contributed by atoms with Crippen LogP contribution in [0.1, 0.15) is 12.5 Å². The van der Waals surface area contributed by atoms with Crippen molar-refractivity contribution in [2.24, 2.45) is 0 Å². The minimum absolute atomic E-state index is 0.0717. The Bertz CT molecular complexity index is 505. The van der Waals surface area contributed by atoms with Crippen LogP contribution in [0, 0.1) is 0 Å². The highest BCUT2D eigenvalue weighted by Crippen LogP contribution is 2.15. The summed E-state index contributed by atoms with van der Waals surface area (Å²) in [6, 6.07) is 6.55. The van der Waals surface area contributed by atoms with E-state index in [4.69, 9.17) is 21.9 Å². The topological polar surface area (TPSA) is 62.7 Å².